The minimum Gasteiger partial charge on any atom is -0.358 e. The Labute approximate surface area is 111 Å². The molecule has 1 rings (SSSR count). The van der Waals surface area contributed by atoms with Crippen molar-refractivity contribution in [2.24, 2.45) is 11.7 Å². The third kappa shape index (κ3) is 4.06. The molecule has 1 unspecified atom stereocenters. The van der Waals surface area contributed by atoms with E-state index in [1.165, 1.54) is 12.1 Å². The zero-order chi connectivity index (χ0) is 14.6. The van der Waals surface area contributed by atoms with Crippen molar-refractivity contribution >= 4 is 11.7 Å². The van der Waals surface area contributed by atoms with Gasteiger partial charge in [0.25, 0.3) is 5.91 Å². The fourth-order valence-electron chi connectivity index (χ4n) is 2.05. The molecule has 106 valence electrons. The van der Waals surface area contributed by atoms with Crippen molar-refractivity contribution < 1.29 is 9.72 Å². The monoisotopic (exact) mass is 268 g/mol. The van der Waals surface area contributed by atoms with Crippen LogP contribution in [0.15, 0.2) is 12.1 Å². The Balaban J connectivity index is 2.79. The molecular formula is C12H20N4O3. The highest BCUT2D eigenvalue weighted by Crippen LogP contribution is 2.17. The van der Waals surface area contributed by atoms with E-state index in [0.717, 1.165) is 6.42 Å². The van der Waals surface area contributed by atoms with Gasteiger partial charge in [-0.2, -0.15) is 0 Å². The molecule has 0 fully saturated rings. The quantitative estimate of drug-likeness (QED) is 0.534. The Kier molecular flexibility index (Phi) is 4.66. The lowest BCUT2D eigenvalue weighted by Gasteiger charge is -2.30. The second kappa shape index (κ2) is 5.83. The molecule has 4 N–H and O–H groups in total. The van der Waals surface area contributed by atoms with Crippen LogP contribution in [0, 0.1) is 16.0 Å². The van der Waals surface area contributed by atoms with Gasteiger partial charge in [-0.15, -0.1) is 0 Å². The molecule has 1 atom stereocenters. The molecule has 7 nitrogen and oxygen atoms in total. The maximum Gasteiger partial charge on any atom is 0.321 e. The maximum atomic E-state index is 12.0. The summed E-state index contributed by atoms with van der Waals surface area (Å²) in [5.41, 5.74) is 5.34. The molecule has 1 heterocycles. The van der Waals surface area contributed by atoms with Gasteiger partial charge in [0.05, 0.1) is 5.54 Å². The number of hydrogen-bond donors (Lipinski definition) is 3. The lowest BCUT2D eigenvalue weighted by molar-refractivity contribution is -0.389. The van der Waals surface area contributed by atoms with Crippen LogP contribution in [0.5, 0.6) is 0 Å². The molecular weight excluding hydrogens is 248 g/mol. The van der Waals surface area contributed by atoms with E-state index in [9.17, 15) is 14.9 Å². The third-order valence-corrected chi connectivity index (χ3v) is 2.84. The van der Waals surface area contributed by atoms with Crippen LogP contribution >= 0.6 is 0 Å². The average Bonchev–Trinajstić information content (AvgIpc) is 2.77. The number of rotatable bonds is 6. The number of nitrogens with zero attached hydrogens (tertiary/aromatic N) is 1. The second-order valence-corrected chi connectivity index (χ2v) is 5.33. The Morgan fingerprint density at radius 2 is 2.21 bits per heavy atom. The van der Waals surface area contributed by atoms with Gasteiger partial charge in [0.2, 0.25) is 0 Å². The van der Waals surface area contributed by atoms with Crippen LogP contribution in [0.1, 0.15) is 37.7 Å². The third-order valence-electron chi connectivity index (χ3n) is 2.84. The maximum absolute atomic E-state index is 12.0. The van der Waals surface area contributed by atoms with Crippen molar-refractivity contribution in [2.45, 2.75) is 32.7 Å². The average molecular weight is 268 g/mol. The van der Waals surface area contributed by atoms with E-state index in [2.05, 4.69) is 10.3 Å². The number of aromatic nitrogens is 1. The van der Waals surface area contributed by atoms with E-state index in [1.807, 2.05) is 20.8 Å². The molecule has 1 aromatic heterocycles. The lowest BCUT2D eigenvalue weighted by Crippen LogP contribution is -2.52. The Morgan fingerprint density at radius 3 is 2.63 bits per heavy atom. The summed E-state index contributed by atoms with van der Waals surface area (Å²) in [7, 11) is 0. The highest BCUT2D eigenvalue weighted by Gasteiger charge is 2.28. The molecule has 0 spiro atoms. The second-order valence-electron chi connectivity index (χ2n) is 5.33. The Hall–Kier alpha value is -1.89. The van der Waals surface area contributed by atoms with Crippen LogP contribution in [0.4, 0.5) is 5.82 Å². The molecule has 7 heteroatoms. The summed E-state index contributed by atoms with van der Waals surface area (Å²) in [6.45, 7) is 6.25. The molecule has 1 amide bonds. The molecule has 0 saturated heterocycles. The van der Waals surface area contributed by atoms with Crippen molar-refractivity contribution in [2.75, 3.05) is 6.54 Å². The van der Waals surface area contributed by atoms with Crippen LogP contribution in [-0.4, -0.2) is 27.9 Å². The van der Waals surface area contributed by atoms with Crippen molar-refractivity contribution in [3.63, 3.8) is 0 Å². The summed E-state index contributed by atoms with van der Waals surface area (Å²) < 4.78 is 0. The summed E-state index contributed by atoms with van der Waals surface area (Å²) in [6, 6.07) is 2.65. The standard InChI is InChI=1S/C12H20N4O3/c1-8(2)6-12(3,7-13)15-11(17)9-4-5-10(14-9)16(18)19/h4-5,8,14H,6-7,13H2,1-3H3,(H,15,17). The number of carbonyl (C=O) groups excluding carboxylic acids is 1. The molecule has 1 aromatic rings. The number of aromatic amines is 1. The number of amides is 1. The number of carbonyl (C=O) groups is 1. The van der Waals surface area contributed by atoms with Crippen LogP contribution in [0.25, 0.3) is 0 Å². The highest BCUT2D eigenvalue weighted by atomic mass is 16.6. The minimum atomic E-state index is -0.576. The first-order chi connectivity index (χ1) is 8.77. The van der Waals surface area contributed by atoms with E-state index >= 15 is 0 Å². The van der Waals surface area contributed by atoms with E-state index in [4.69, 9.17) is 5.73 Å². The zero-order valence-corrected chi connectivity index (χ0v) is 11.4. The number of nitro groups is 1. The smallest absolute Gasteiger partial charge is 0.321 e. The largest absolute Gasteiger partial charge is 0.358 e. The molecule has 0 saturated carbocycles. The lowest BCUT2D eigenvalue weighted by atomic mass is 9.90. The van der Waals surface area contributed by atoms with E-state index in [0.29, 0.717) is 12.5 Å². The summed E-state index contributed by atoms with van der Waals surface area (Å²) in [5, 5.41) is 13.4. The van der Waals surface area contributed by atoms with Gasteiger partial charge in [0.1, 0.15) is 0 Å². The van der Waals surface area contributed by atoms with Gasteiger partial charge >= 0.3 is 5.82 Å². The molecule has 0 aromatic carbocycles. The number of H-pyrrole nitrogens is 1. The van der Waals surface area contributed by atoms with Crippen LogP contribution < -0.4 is 11.1 Å². The molecule has 0 aliphatic heterocycles. The number of hydrogen-bond acceptors (Lipinski definition) is 4. The SMILES string of the molecule is CC(C)CC(C)(CN)NC(=O)c1ccc([N+](=O)[O-])[nH]1. The van der Waals surface area contributed by atoms with E-state index in [-0.39, 0.29) is 17.4 Å². The van der Waals surface area contributed by atoms with E-state index < -0.39 is 10.5 Å². The van der Waals surface area contributed by atoms with Crippen molar-refractivity contribution in [1.82, 2.24) is 10.3 Å². The Bertz CT molecular complexity index is 469. The summed E-state index contributed by atoms with van der Waals surface area (Å²) >= 11 is 0. The van der Waals surface area contributed by atoms with Crippen molar-refractivity contribution in [3.05, 3.63) is 27.9 Å². The summed E-state index contributed by atoms with van der Waals surface area (Å²) in [4.78, 5) is 24.4. The summed E-state index contributed by atoms with van der Waals surface area (Å²) in [5.74, 6) is -0.211. The van der Waals surface area contributed by atoms with Crippen LogP contribution in [-0.2, 0) is 0 Å². The van der Waals surface area contributed by atoms with Gasteiger partial charge in [-0.1, -0.05) is 13.8 Å². The predicted octanol–water partition coefficient (Wildman–Crippen LogP) is 1.42. The van der Waals surface area contributed by atoms with E-state index in [1.54, 1.807) is 0 Å². The van der Waals surface area contributed by atoms with Gasteiger partial charge in [0.15, 0.2) is 5.69 Å². The zero-order valence-electron chi connectivity index (χ0n) is 11.4. The fourth-order valence-corrected chi connectivity index (χ4v) is 2.05. The highest BCUT2D eigenvalue weighted by molar-refractivity contribution is 5.93. The van der Waals surface area contributed by atoms with Gasteiger partial charge in [-0.25, -0.2) is 4.98 Å². The molecule has 19 heavy (non-hydrogen) atoms. The van der Waals surface area contributed by atoms with Gasteiger partial charge in [-0.3, -0.25) is 4.79 Å². The van der Waals surface area contributed by atoms with Crippen LogP contribution in [0.2, 0.25) is 0 Å². The number of nitrogens with two attached hydrogens (primary N) is 1. The minimum absolute atomic E-state index is 0.162. The van der Waals surface area contributed by atoms with Gasteiger partial charge < -0.3 is 21.2 Å². The molecule has 0 bridgehead atoms. The van der Waals surface area contributed by atoms with Gasteiger partial charge in [-0.05, 0) is 30.3 Å². The van der Waals surface area contributed by atoms with Crippen LogP contribution in [0.3, 0.4) is 0 Å². The van der Waals surface area contributed by atoms with Gasteiger partial charge in [0, 0.05) is 12.6 Å². The molecule has 0 aliphatic rings. The number of nitrogens with one attached hydrogen (secondary N) is 2. The normalized spacial score (nSPS) is 14.2. The van der Waals surface area contributed by atoms with Crippen molar-refractivity contribution in [1.29, 1.82) is 0 Å². The van der Waals surface area contributed by atoms with Crippen molar-refractivity contribution in [3.8, 4) is 0 Å². The topological polar surface area (TPSA) is 114 Å². The summed E-state index contributed by atoms with van der Waals surface area (Å²) in [6.07, 6.45) is 0.734. The Morgan fingerprint density at radius 1 is 1.58 bits per heavy atom. The fraction of sp³-hybridized carbons (Fsp3) is 0.583. The predicted molar refractivity (Wildman–Crippen MR) is 71.8 cm³/mol. The molecule has 0 radical (unpaired) electrons. The molecule has 0 aliphatic carbocycles. The first-order valence-electron chi connectivity index (χ1n) is 6.13. The first-order valence-corrected chi connectivity index (χ1v) is 6.13. The first kappa shape index (κ1) is 15.2.